The van der Waals surface area contributed by atoms with Crippen LogP contribution in [0.5, 0.6) is 0 Å². The summed E-state index contributed by atoms with van der Waals surface area (Å²) in [6.07, 6.45) is 1.84. The molecule has 5 nitrogen and oxygen atoms in total. The zero-order chi connectivity index (χ0) is 17.8. The fourth-order valence-electron chi connectivity index (χ4n) is 2.73. The van der Waals surface area contributed by atoms with Crippen molar-refractivity contribution in [3.8, 4) is 0 Å². The Bertz CT molecular complexity index is 904. The largest absolute Gasteiger partial charge is 0.293 e. The maximum Gasteiger partial charge on any atom is 0.275 e. The van der Waals surface area contributed by atoms with Crippen LogP contribution in [0.15, 0.2) is 35.1 Å². The molecule has 0 radical (unpaired) electrons. The van der Waals surface area contributed by atoms with Gasteiger partial charge in [0.2, 0.25) is 4.96 Å². The molecule has 0 N–H and O–H groups in total. The summed E-state index contributed by atoms with van der Waals surface area (Å²) in [6, 6.07) is 9.47. The summed E-state index contributed by atoms with van der Waals surface area (Å²) >= 11 is 7.44. The molecule has 2 heterocycles. The van der Waals surface area contributed by atoms with Crippen molar-refractivity contribution >= 4 is 27.9 Å². The van der Waals surface area contributed by atoms with Gasteiger partial charge in [-0.15, -0.1) is 0 Å². The summed E-state index contributed by atoms with van der Waals surface area (Å²) in [4.78, 5) is 19.9. The lowest BCUT2D eigenvalue weighted by Crippen LogP contribution is -2.26. The fourth-order valence-corrected chi connectivity index (χ4v) is 3.71. The number of hydrogen-bond donors (Lipinski definition) is 0. The number of aryl methyl sites for hydroxylation is 1. The first-order valence-electron chi connectivity index (χ1n) is 8.44. The zero-order valence-corrected chi connectivity index (χ0v) is 16.0. The van der Waals surface area contributed by atoms with E-state index in [4.69, 9.17) is 11.6 Å². The number of halogens is 1. The molecule has 3 rings (SSSR count). The van der Waals surface area contributed by atoms with E-state index < -0.39 is 0 Å². The van der Waals surface area contributed by atoms with E-state index in [0.29, 0.717) is 11.5 Å². The molecular formula is C18H21ClN4OS. The molecule has 0 aliphatic carbocycles. The predicted octanol–water partition coefficient (Wildman–Crippen LogP) is 3.78. The van der Waals surface area contributed by atoms with Gasteiger partial charge in [0.1, 0.15) is 5.01 Å². The molecule has 0 bridgehead atoms. The topological polar surface area (TPSA) is 50.5 Å². The average Bonchev–Trinajstić information content (AvgIpc) is 3.01. The molecule has 0 amide bonds. The maximum atomic E-state index is 12.3. The van der Waals surface area contributed by atoms with E-state index in [9.17, 15) is 4.79 Å². The summed E-state index contributed by atoms with van der Waals surface area (Å²) in [5, 5.41) is 5.96. The van der Waals surface area contributed by atoms with Gasteiger partial charge in [-0.05, 0) is 37.1 Å². The first kappa shape index (κ1) is 18.0. The van der Waals surface area contributed by atoms with Gasteiger partial charge >= 0.3 is 0 Å². The van der Waals surface area contributed by atoms with Crippen LogP contribution in [0, 0.1) is 0 Å². The molecule has 25 heavy (non-hydrogen) atoms. The zero-order valence-electron chi connectivity index (χ0n) is 14.4. The number of nitrogens with zero attached hydrogens (tertiary/aromatic N) is 4. The lowest BCUT2D eigenvalue weighted by molar-refractivity contribution is 0.254. The van der Waals surface area contributed by atoms with Crippen LogP contribution in [0.25, 0.3) is 4.96 Å². The first-order valence-corrected chi connectivity index (χ1v) is 9.64. The van der Waals surface area contributed by atoms with E-state index in [1.165, 1.54) is 21.4 Å². The van der Waals surface area contributed by atoms with Crippen molar-refractivity contribution in [2.24, 2.45) is 0 Å². The van der Waals surface area contributed by atoms with Crippen LogP contribution in [-0.4, -0.2) is 26.0 Å². The average molecular weight is 377 g/mol. The van der Waals surface area contributed by atoms with Gasteiger partial charge in [0, 0.05) is 24.2 Å². The van der Waals surface area contributed by atoms with Gasteiger partial charge in [-0.2, -0.15) is 9.61 Å². The molecule has 0 saturated heterocycles. The van der Waals surface area contributed by atoms with Crippen molar-refractivity contribution in [2.45, 2.75) is 39.8 Å². The summed E-state index contributed by atoms with van der Waals surface area (Å²) in [7, 11) is 0. The van der Waals surface area contributed by atoms with Gasteiger partial charge in [0.25, 0.3) is 5.56 Å². The number of hydrogen-bond acceptors (Lipinski definition) is 5. The van der Waals surface area contributed by atoms with E-state index >= 15 is 0 Å². The molecule has 0 spiro atoms. The third kappa shape index (κ3) is 4.45. The molecule has 0 unspecified atom stereocenters. The highest BCUT2D eigenvalue weighted by molar-refractivity contribution is 7.16. The van der Waals surface area contributed by atoms with Crippen LogP contribution in [0.4, 0.5) is 0 Å². The molecule has 7 heteroatoms. The normalized spacial score (nSPS) is 11.5. The highest BCUT2D eigenvalue weighted by Crippen LogP contribution is 2.15. The lowest BCUT2D eigenvalue weighted by Gasteiger charge is -2.21. The number of rotatable bonds is 7. The van der Waals surface area contributed by atoms with Gasteiger partial charge < -0.3 is 0 Å². The summed E-state index contributed by atoms with van der Waals surface area (Å²) in [5.74, 6) is 0. The molecule has 0 aliphatic rings. The quantitative estimate of drug-likeness (QED) is 0.629. The smallest absolute Gasteiger partial charge is 0.275 e. The van der Waals surface area contributed by atoms with E-state index in [0.717, 1.165) is 41.7 Å². The minimum absolute atomic E-state index is 0.112. The van der Waals surface area contributed by atoms with Crippen molar-refractivity contribution in [3.05, 3.63) is 62.0 Å². The molecule has 0 atom stereocenters. The Labute approximate surface area is 155 Å². The third-order valence-electron chi connectivity index (χ3n) is 3.89. The number of benzene rings is 1. The molecular weight excluding hydrogens is 356 g/mol. The van der Waals surface area contributed by atoms with Crippen molar-refractivity contribution in [1.82, 2.24) is 19.5 Å². The Balaban J connectivity index is 1.82. The molecule has 3 aromatic rings. The van der Waals surface area contributed by atoms with Crippen molar-refractivity contribution in [3.63, 3.8) is 0 Å². The van der Waals surface area contributed by atoms with Gasteiger partial charge in [-0.1, -0.05) is 48.9 Å². The molecule has 132 valence electrons. The van der Waals surface area contributed by atoms with E-state index in [2.05, 4.69) is 21.9 Å². The molecule has 1 aromatic carbocycles. The second-order valence-electron chi connectivity index (χ2n) is 5.97. The van der Waals surface area contributed by atoms with Gasteiger partial charge in [0.15, 0.2) is 0 Å². The SMILES string of the molecule is CCCN(Cc1ccc(Cl)cc1)Cc1cc(=O)n2nc(CC)sc2n1. The van der Waals surface area contributed by atoms with Crippen LogP contribution in [0.2, 0.25) is 5.02 Å². The van der Waals surface area contributed by atoms with Crippen LogP contribution < -0.4 is 5.56 Å². The number of aromatic nitrogens is 3. The fraction of sp³-hybridized carbons (Fsp3) is 0.389. The monoisotopic (exact) mass is 376 g/mol. The Morgan fingerprint density at radius 2 is 1.96 bits per heavy atom. The second kappa shape index (κ2) is 8.08. The second-order valence-corrected chi connectivity index (χ2v) is 7.44. The molecule has 0 fully saturated rings. The highest BCUT2D eigenvalue weighted by Gasteiger charge is 2.12. The molecule has 2 aromatic heterocycles. The lowest BCUT2D eigenvalue weighted by atomic mass is 10.2. The van der Waals surface area contributed by atoms with Crippen LogP contribution >= 0.6 is 22.9 Å². The van der Waals surface area contributed by atoms with E-state index in [-0.39, 0.29) is 5.56 Å². The highest BCUT2D eigenvalue weighted by atomic mass is 35.5. The third-order valence-corrected chi connectivity index (χ3v) is 5.19. The van der Waals surface area contributed by atoms with Crippen molar-refractivity contribution in [2.75, 3.05) is 6.54 Å². The summed E-state index contributed by atoms with van der Waals surface area (Å²) < 4.78 is 1.40. The van der Waals surface area contributed by atoms with Crippen LogP contribution in [0.1, 0.15) is 36.5 Å². The van der Waals surface area contributed by atoms with E-state index in [1.807, 2.05) is 31.2 Å². The Hall–Kier alpha value is -1.76. The Morgan fingerprint density at radius 1 is 1.20 bits per heavy atom. The minimum atomic E-state index is -0.112. The first-order chi connectivity index (χ1) is 12.1. The van der Waals surface area contributed by atoms with Crippen molar-refractivity contribution in [1.29, 1.82) is 0 Å². The minimum Gasteiger partial charge on any atom is -0.293 e. The molecule has 0 saturated carbocycles. The Morgan fingerprint density at radius 3 is 2.64 bits per heavy atom. The Kier molecular flexibility index (Phi) is 5.83. The molecule has 0 aliphatic heterocycles. The number of fused-ring (bicyclic) bond motifs is 1. The predicted molar refractivity (Wildman–Crippen MR) is 102 cm³/mol. The standard InChI is InChI=1S/C18H21ClN4OS/c1-3-9-22(11-13-5-7-14(19)8-6-13)12-15-10-17(24)23-18(20-15)25-16(4-2)21-23/h5-8,10H,3-4,9,11-12H2,1-2H3. The van der Waals surface area contributed by atoms with E-state index in [1.54, 1.807) is 6.07 Å². The van der Waals surface area contributed by atoms with Gasteiger partial charge in [0.05, 0.1) is 5.69 Å². The van der Waals surface area contributed by atoms with Crippen LogP contribution in [-0.2, 0) is 19.5 Å². The van der Waals surface area contributed by atoms with Crippen molar-refractivity contribution < 1.29 is 0 Å². The maximum absolute atomic E-state index is 12.3. The van der Waals surface area contributed by atoms with Gasteiger partial charge in [-0.25, -0.2) is 4.98 Å². The summed E-state index contributed by atoms with van der Waals surface area (Å²) in [5.41, 5.74) is 1.87. The van der Waals surface area contributed by atoms with Gasteiger partial charge in [-0.3, -0.25) is 9.69 Å². The van der Waals surface area contributed by atoms with Crippen LogP contribution in [0.3, 0.4) is 0 Å². The summed E-state index contributed by atoms with van der Waals surface area (Å²) in [6.45, 7) is 6.55.